The minimum Gasteiger partial charge on any atom is -0.493 e. The molecule has 0 bridgehead atoms. The Bertz CT molecular complexity index is 881. The second kappa shape index (κ2) is 8.78. The van der Waals surface area contributed by atoms with Gasteiger partial charge in [0.25, 0.3) is 0 Å². The van der Waals surface area contributed by atoms with Crippen molar-refractivity contribution >= 4 is 34.0 Å². The largest absolute Gasteiger partial charge is 0.493 e. The molecule has 1 N–H and O–H groups in total. The van der Waals surface area contributed by atoms with E-state index < -0.39 is 0 Å². The fraction of sp³-hybridized carbons (Fsp3) is 0.211. The van der Waals surface area contributed by atoms with E-state index in [0.29, 0.717) is 23.2 Å². The normalized spacial score (nSPS) is 10.5. The van der Waals surface area contributed by atoms with Gasteiger partial charge in [0.15, 0.2) is 0 Å². The van der Waals surface area contributed by atoms with Crippen LogP contribution in [0.3, 0.4) is 0 Å². The van der Waals surface area contributed by atoms with E-state index >= 15 is 0 Å². The second-order valence-corrected chi connectivity index (χ2v) is 7.27. The predicted octanol–water partition coefficient (Wildman–Crippen LogP) is 4.30. The number of rotatable bonds is 7. The summed E-state index contributed by atoms with van der Waals surface area (Å²) >= 11 is 7.20. The zero-order valence-electron chi connectivity index (χ0n) is 14.2. The first-order valence-electron chi connectivity index (χ1n) is 8.14. The first kappa shape index (κ1) is 18.4. The van der Waals surface area contributed by atoms with Gasteiger partial charge in [-0.15, -0.1) is 10.2 Å². The zero-order chi connectivity index (χ0) is 18.4. The van der Waals surface area contributed by atoms with Gasteiger partial charge < -0.3 is 10.1 Å². The quantitative estimate of drug-likeness (QED) is 0.656. The van der Waals surface area contributed by atoms with Crippen molar-refractivity contribution in [3.05, 3.63) is 69.7 Å². The molecule has 3 rings (SSSR count). The lowest BCUT2D eigenvalue weighted by atomic mass is 10.1. The van der Waals surface area contributed by atoms with Crippen molar-refractivity contribution in [3.63, 3.8) is 0 Å². The van der Waals surface area contributed by atoms with E-state index in [1.807, 2.05) is 43.3 Å². The van der Waals surface area contributed by atoms with Gasteiger partial charge in [0.2, 0.25) is 11.0 Å². The molecule has 5 nitrogen and oxygen atoms in total. The van der Waals surface area contributed by atoms with E-state index in [0.717, 1.165) is 21.9 Å². The van der Waals surface area contributed by atoms with E-state index in [1.165, 1.54) is 11.3 Å². The smallest absolute Gasteiger partial charge is 0.230 e. The first-order valence-corrected chi connectivity index (χ1v) is 9.34. The van der Waals surface area contributed by atoms with Crippen LogP contribution in [0.2, 0.25) is 5.02 Å². The molecule has 0 unspecified atom stereocenters. The van der Waals surface area contributed by atoms with Gasteiger partial charge in [0, 0.05) is 11.4 Å². The number of aryl methyl sites for hydroxylation is 1. The minimum absolute atomic E-state index is 0.133. The number of amides is 1. The summed E-state index contributed by atoms with van der Waals surface area (Å²) in [5, 5.41) is 12.8. The van der Waals surface area contributed by atoms with Gasteiger partial charge in [0.1, 0.15) is 10.8 Å². The molecule has 134 valence electrons. The van der Waals surface area contributed by atoms with Crippen molar-refractivity contribution in [2.75, 3.05) is 11.9 Å². The molecule has 26 heavy (non-hydrogen) atoms. The Balaban J connectivity index is 1.46. The fourth-order valence-electron chi connectivity index (χ4n) is 2.32. The molecule has 0 saturated carbocycles. The van der Waals surface area contributed by atoms with Crippen LogP contribution >= 0.6 is 22.9 Å². The summed E-state index contributed by atoms with van der Waals surface area (Å²) in [5.41, 5.74) is 2.05. The van der Waals surface area contributed by atoms with Crippen molar-refractivity contribution < 1.29 is 9.53 Å². The molecule has 0 aliphatic rings. The summed E-state index contributed by atoms with van der Waals surface area (Å²) < 4.78 is 5.71. The van der Waals surface area contributed by atoms with E-state index in [-0.39, 0.29) is 12.3 Å². The molecule has 0 saturated heterocycles. The molecule has 7 heteroatoms. The molecule has 0 spiro atoms. The second-order valence-electron chi connectivity index (χ2n) is 5.77. The maximum Gasteiger partial charge on any atom is 0.230 e. The lowest BCUT2D eigenvalue weighted by Crippen LogP contribution is -2.14. The van der Waals surface area contributed by atoms with Crippen LogP contribution in [0.25, 0.3) is 0 Å². The highest BCUT2D eigenvalue weighted by Gasteiger charge is 2.09. The third-order valence-corrected chi connectivity index (χ3v) is 4.72. The molecule has 0 atom stereocenters. The molecule has 1 aromatic heterocycles. The Kier molecular flexibility index (Phi) is 6.20. The number of halogens is 1. The predicted molar refractivity (Wildman–Crippen MR) is 104 cm³/mol. The lowest BCUT2D eigenvalue weighted by molar-refractivity contribution is -0.115. The Labute approximate surface area is 161 Å². The number of ether oxygens (including phenoxy) is 1. The summed E-state index contributed by atoms with van der Waals surface area (Å²) in [6.07, 6.45) is 0.904. The highest BCUT2D eigenvalue weighted by atomic mass is 35.5. The van der Waals surface area contributed by atoms with Gasteiger partial charge in [0.05, 0.1) is 13.0 Å². The topological polar surface area (TPSA) is 64.1 Å². The van der Waals surface area contributed by atoms with Gasteiger partial charge in [-0.3, -0.25) is 4.79 Å². The number of nitrogens with zero attached hydrogens (tertiary/aromatic N) is 2. The number of anilines is 1. The van der Waals surface area contributed by atoms with Crippen LogP contribution in [0.15, 0.2) is 48.5 Å². The Morgan fingerprint density at radius 3 is 2.77 bits per heavy atom. The number of hydrogen-bond donors (Lipinski definition) is 1. The zero-order valence-corrected chi connectivity index (χ0v) is 15.8. The molecule has 3 aromatic rings. The first-order chi connectivity index (χ1) is 12.6. The number of benzene rings is 2. The van der Waals surface area contributed by atoms with Gasteiger partial charge in [-0.25, -0.2) is 0 Å². The maximum absolute atomic E-state index is 12.1. The molecule has 2 aromatic carbocycles. The van der Waals surface area contributed by atoms with Crippen molar-refractivity contribution in [1.29, 1.82) is 0 Å². The number of carbonyl (C=O) groups excluding carboxylic acids is 1. The van der Waals surface area contributed by atoms with Crippen molar-refractivity contribution in [2.24, 2.45) is 0 Å². The maximum atomic E-state index is 12.1. The highest BCUT2D eigenvalue weighted by molar-refractivity contribution is 7.15. The SMILES string of the molecule is Cc1cccc(OCCc2nnc(NC(=O)Cc3ccc(Cl)cc3)s2)c1. The standard InChI is InChI=1S/C19H18ClN3O2S/c1-13-3-2-4-16(11-13)25-10-9-18-22-23-19(26-18)21-17(24)12-14-5-7-15(20)8-6-14/h2-8,11H,9-10,12H2,1H3,(H,21,23,24). The summed E-state index contributed by atoms with van der Waals surface area (Å²) in [6, 6.07) is 15.1. The Morgan fingerprint density at radius 2 is 2.00 bits per heavy atom. The van der Waals surface area contributed by atoms with Gasteiger partial charge in [-0.1, -0.05) is 47.2 Å². The number of hydrogen-bond acceptors (Lipinski definition) is 5. The molecule has 1 amide bonds. The number of nitrogens with one attached hydrogen (secondary N) is 1. The fourth-order valence-corrected chi connectivity index (χ4v) is 3.18. The molecular formula is C19H18ClN3O2S. The monoisotopic (exact) mass is 387 g/mol. The number of carbonyl (C=O) groups is 1. The summed E-state index contributed by atoms with van der Waals surface area (Å²) in [4.78, 5) is 12.1. The Hall–Kier alpha value is -2.44. The number of aromatic nitrogens is 2. The highest BCUT2D eigenvalue weighted by Crippen LogP contribution is 2.18. The third kappa shape index (κ3) is 5.54. The Morgan fingerprint density at radius 1 is 1.19 bits per heavy atom. The summed E-state index contributed by atoms with van der Waals surface area (Å²) in [6.45, 7) is 2.54. The summed E-state index contributed by atoms with van der Waals surface area (Å²) in [5.74, 6) is 0.706. The lowest BCUT2D eigenvalue weighted by Gasteiger charge is -2.05. The van der Waals surface area contributed by atoms with E-state index in [1.54, 1.807) is 12.1 Å². The minimum atomic E-state index is -0.133. The van der Waals surface area contributed by atoms with Crippen LogP contribution in [0.1, 0.15) is 16.1 Å². The van der Waals surface area contributed by atoms with E-state index in [9.17, 15) is 4.79 Å². The van der Waals surface area contributed by atoms with Gasteiger partial charge in [-0.05, 0) is 42.3 Å². The van der Waals surface area contributed by atoms with Gasteiger partial charge in [-0.2, -0.15) is 0 Å². The van der Waals surface area contributed by atoms with Gasteiger partial charge >= 0.3 is 0 Å². The van der Waals surface area contributed by atoms with Crippen molar-refractivity contribution in [3.8, 4) is 5.75 Å². The van der Waals surface area contributed by atoms with Crippen LogP contribution in [0.5, 0.6) is 5.75 Å². The molecule has 0 aliphatic carbocycles. The third-order valence-electron chi connectivity index (χ3n) is 3.57. The van der Waals surface area contributed by atoms with E-state index in [4.69, 9.17) is 16.3 Å². The van der Waals surface area contributed by atoms with Crippen molar-refractivity contribution in [2.45, 2.75) is 19.8 Å². The molecular weight excluding hydrogens is 370 g/mol. The molecule has 0 fully saturated rings. The van der Waals surface area contributed by atoms with Crippen LogP contribution < -0.4 is 10.1 Å². The molecule has 1 heterocycles. The average molecular weight is 388 g/mol. The van der Waals surface area contributed by atoms with Crippen LogP contribution in [0.4, 0.5) is 5.13 Å². The molecule has 0 aliphatic heterocycles. The van der Waals surface area contributed by atoms with Crippen LogP contribution in [0, 0.1) is 6.92 Å². The van der Waals surface area contributed by atoms with E-state index in [2.05, 4.69) is 15.5 Å². The van der Waals surface area contributed by atoms with Crippen LogP contribution in [-0.4, -0.2) is 22.7 Å². The molecule has 0 radical (unpaired) electrons. The average Bonchev–Trinajstić information content (AvgIpc) is 3.04. The summed E-state index contributed by atoms with van der Waals surface area (Å²) in [7, 11) is 0. The van der Waals surface area contributed by atoms with Crippen molar-refractivity contribution in [1.82, 2.24) is 10.2 Å². The van der Waals surface area contributed by atoms with Crippen LogP contribution in [-0.2, 0) is 17.6 Å².